The molecule has 5 nitrogen and oxygen atoms in total. The van der Waals surface area contributed by atoms with E-state index in [2.05, 4.69) is 47.3 Å². The van der Waals surface area contributed by atoms with Gasteiger partial charge in [-0.3, -0.25) is 14.9 Å². The van der Waals surface area contributed by atoms with Crippen LogP contribution >= 0.6 is 15.9 Å². The molecular weight excluding hydrogens is 444 g/mol. The molecule has 2 aromatic carbocycles. The third-order valence-electron chi connectivity index (χ3n) is 4.69. The summed E-state index contributed by atoms with van der Waals surface area (Å²) >= 11 is 3.36. The Morgan fingerprint density at radius 1 is 0.900 bits per heavy atom. The number of carbonyl (C=O) groups excluding carboxylic acids is 3. The number of unbranched alkanes of at least 4 members (excludes halogenated alkanes) is 1. The van der Waals surface area contributed by atoms with Gasteiger partial charge in [0.1, 0.15) is 5.78 Å². The van der Waals surface area contributed by atoms with Crippen molar-refractivity contribution in [3.8, 4) is 0 Å². The van der Waals surface area contributed by atoms with Gasteiger partial charge in [0.15, 0.2) is 0 Å². The molecule has 2 aromatic rings. The van der Waals surface area contributed by atoms with Crippen molar-refractivity contribution in [2.75, 3.05) is 10.6 Å². The largest absolute Gasteiger partial charge is 0.326 e. The van der Waals surface area contributed by atoms with Crippen molar-refractivity contribution >= 4 is 39.3 Å². The third-order valence-corrected chi connectivity index (χ3v) is 5.25. The van der Waals surface area contributed by atoms with Gasteiger partial charge in [0.05, 0.1) is 0 Å². The maximum absolute atomic E-state index is 12.3. The van der Waals surface area contributed by atoms with Gasteiger partial charge in [-0.1, -0.05) is 61.0 Å². The number of hydrogen-bond donors (Lipinski definition) is 2. The first-order chi connectivity index (χ1) is 14.2. The number of amides is 3. The Kier molecular flexibility index (Phi) is 8.78. The van der Waals surface area contributed by atoms with E-state index in [-0.39, 0.29) is 11.2 Å². The molecule has 0 fully saturated rings. The first kappa shape index (κ1) is 23.8. The number of imide groups is 1. The molecule has 0 saturated heterocycles. The molecule has 0 bridgehead atoms. The highest BCUT2D eigenvalue weighted by atomic mass is 79.9. The Balaban J connectivity index is 1.85. The normalized spacial score (nSPS) is 11.1. The predicted molar refractivity (Wildman–Crippen MR) is 124 cm³/mol. The van der Waals surface area contributed by atoms with Crippen LogP contribution in [0.2, 0.25) is 0 Å². The molecule has 2 N–H and O–H groups in total. The lowest BCUT2D eigenvalue weighted by Crippen LogP contribution is -2.34. The molecule has 0 spiro atoms. The van der Waals surface area contributed by atoms with Crippen molar-refractivity contribution < 1.29 is 14.4 Å². The fraction of sp³-hybridized carbons (Fsp3) is 0.375. The van der Waals surface area contributed by atoms with Gasteiger partial charge in [0.25, 0.3) is 5.91 Å². The zero-order valence-corrected chi connectivity index (χ0v) is 19.3. The van der Waals surface area contributed by atoms with Gasteiger partial charge in [0, 0.05) is 29.4 Å². The van der Waals surface area contributed by atoms with Crippen molar-refractivity contribution in [2.24, 2.45) is 0 Å². The fourth-order valence-corrected chi connectivity index (χ4v) is 3.29. The zero-order chi connectivity index (χ0) is 22.1. The fourth-order valence-electron chi connectivity index (χ4n) is 2.90. The van der Waals surface area contributed by atoms with E-state index in [0.717, 1.165) is 29.3 Å². The van der Waals surface area contributed by atoms with E-state index in [0.29, 0.717) is 24.1 Å². The highest BCUT2D eigenvalue weighted by Crippen LogP contribution is 2.22. The molecule has 0 aromatic heterocycles. The van der Waals surface area contributed by atoms with E-state index >= 15 is 0 Å². The number of hydrogen-bond acceptors (Lipinski definition) is 3. The van der Waals surface area contributed by atoms with Crippen LogP contribution < -0.4 is 10.6 Å². The second-order valence-corrected chi connectivity index (χ2v) is 9.09. The van der Waals surface area contributed by atoms with E-state index in [4.69, 9.17) is 0 Å². The summed E-state index contributed by atoms with van der Waals surface area (Å²) < 4.78 is 0. The minimum atomic E-state index is -0.599. The maximum atomic E-state index is 12.3. The van der Waals surface area contributed by atoms with Crippen molar-refractivity contribution in [3.05, 3.63) is 65.2 Å². The SMILES string of the molecule is CC(C)(C)c1ccc(C(=O)NC(=O)Nc2ccc(CC(=O)CCCCBr)cc2)cc1. The quantitative estimate of drug-likeness (QED) is 0.386. The summed E-state index contributed by atoms with van der Waals surface area (Å²) in [5.74, 6) is -0.254. The first-order valence-corrected chi connectivity index (χ1v) is 11.2. The number of halogens is 1. The number of carbonyl (C=O) groups is 3. The molecule has 0 heterocycles. The number of anilines is 1. The summed E-state index contributed by atoms with van der Waals surface area (Å²) in [6, 6.07) is 13.7. The Hall–Kier alpha value is -2.47. The van der Waals surface area contributed by atoms with Gasteiger partial charge < -0.3 is 5.32 Å². The van der Waals surface area contributed by atoms with Crippen molar-refractivity contribution in [1.82, 2.24) is 5.32 Å². The van der Waals surface area contributed by atoms with E-state index < -0.39 is 11.9 Å². The van der Waals surface area contributed by atoms with E-state index in [1.165, 1.54) is 0 Å². The van der Waals surface area contributed by atoms with Crippen LogP contribution in [0.1, 0.15) is 61.5 Å². The van der Waals surface area contributed by atoms with E-state index in [1.807, 2.05) is 24.3 Å². The molecule has 0 unspecified atom stereocenters. The van der Waals surface area contributed by atoms with E-state index in [1.54, 1.807) is 24.3 Å². The molecule has 3 amide bonds. The molecule has 160 valence electrons. The summed E-state index contributed by atoms with van der Waals surface area (Å²) in [6.07, 6.45) is 2.84. The third kappa shape index (κ3) is 7.75. The van der Waals surface area contributed by atoms with Crippen LogP contribution in [0.5, 0.6) is 0 Å². The minimum Gasteiger partial charge on any atom is -0.308 e. The number of ketones is 1. The Labute approximate surface area is 186 Å². The van der Waals surface area contributed by atoms with Crippen LogP contribution in [-0.2, 0) is 16.6 Å². The van der Waals surface area contributed by atoms with Crippen molar-refractivity contribution in [3.63, 3.8) is 0 Å². The number of urea groups is 1. The monoisotopic (exact) mass is 472 g/mol. The lowest BCUT2D eigenvalue weighted by Gasteiger charge is -2.19. The number of Topliss-reactive ketones (excluding diaryl/α,β-unsaturated/α-hetero) is 1. The van der Waals surface area contributed by atoms with Crippen LogP contribution in [0.15, 0.2) is 48.5 Å². The summed E-state index contributed by atoms with van der Waals surface area (Å²) in [7, 11) is 0. The lowest BCUT2D eigenvalue weighted by molar-refractivity contribution is -0.118. The molecule has 0 radical (unpaired) electrons. The van der Waals surface area contributed by atoms with Gasteiger partial charge in [-0.2, -0.15) is 0 Å². The van der Waals surface area contributed by atoms with Crippen LogP contribution in [-0.4, -0.2) is 23.1 Å². The van der Waals surface area contributed by atoms with Gasteiger partial charge >= 0.3 is 6.03 Å². The molecule has 6 heteroatoms. The van der Waals surface area contributed by atoms with Gasteiger partial charge in [0.2, 0.25) is 0 Å². The molecule has 0 aliphatic carbocycles. The maximum Gasteiger partial charge on any atom is 0.326 e. The Morgan fingerprint density at radius 3 is 2.10 bits per heavy atom. The van der Waals surface area contributed by atoms with Crippen molar-refractivity contribution in [1.29, 1.82) is 0 Å². The summed E-state index contributed by atoms with van der Waals surface area (Å²) in [5, 5.41) is 5.88. The van der Waals surface area contributed by atoms with Crippen LogP contribution in [0.4, 0.5) is 10.5 Å². The summed E-state index contributed by atoms with van der Waals surface area (Å²) in [5.41, 5.74) is 2.99. The number of rotatable bonds is 8. The van der Waals surface area contributed by atoms with E-state index in [9.17, 15) is 14.4 Å². The number of benzene rings is 2. The molecule has 30 heavy (non-hydrogen) atoms. The topological polar surface area (TPSA) is 75.3 Å². The second-order valence-electron chi connectivity index (χ2n) is 8.29. The molecular formula is C24H29BrN2O3. The van der Waals surface area contributed by atoms with Gasteiger partial charge in [-0.25, -0.2) is 4.79 Å². The smallest absolute Gasteiger partial charge is 0.308 e. The molecule has 0 aliphatic heterocycles. The van der Waals surface area contributed by atoms with Crippen LogP contribution in [0.25, 0.3) is 0 Å². The number of nitrogens with one attached hydrogen (secondary N) is 2. The lowest BCUT2D eigenvalue weighted by atomic mass is 9.87. The standard InChI is InChI=1S/C24H29BrN2O3/c1-24(2,3)19-11-9-18(10-12-19)22(29)27-23(30)26-20-13-7-17(8-14-20)16-21(28)6-4-5-15-25/h7-14H,4-6,15-16H2,1-3H3,(H2,26,27,29,30). The average Bonchev–Trinajstić information content (AvgIpc) is 2.69. The van der Waals surface area contributed by atoms with Gasteiger partial charge in [-0.15, -0.1) is 0 Å². The van der Waals surface area contributed by atoms with Crippen molar-refractivity contribution in [2.45, 2.75) is 51.9 Å². The molecule has 0 saturated carbocycles. The molecule has 2 rings (SSSR count). The van der Waals surface area contributed by atoms with Crippen LogP contribution in [0.3, 0.4) is 0 Å². The predicted octanol–water partition coefficient (Wildman–Crippen LogP) is 5.62. The second kappa shape index (κ2) is 11.1. The summed E-state index contributed by atoms with van der Waals surface area (Å²) in [6.45, 7) is 6.30. The Morgan fingerprint density at radius 2 is 1.53 bits per heavy atom. The number of alkyl halides is 1. The Bertz CT molecular complexity index is 869. The average molecular weight is 473 g/mol. The minimum absolute atomic E-state index is 0.00320. The van der Waals surface area contributed by atoms with Crippen LogP contribution in [0, 0.1) is 0 Å². The highest BCUT2D eigenvalue weighted by Gasteiger charge is 2.15. The molecule has 0 atom stereocenters. The highest BCUT2D eigenvalue weighted by molar-refractivity contribution is 9.09. The molecule has 0 aliphatic rings. The van der Waals surface area contributed by atoms with Gasteiger partial charge in [-0.05, 0) is 53.6 Å². The summed E-state index contributed by atoms with van der Waals surface area (Å²) in [4.78, 5) is 36.4. The first-order valence-electron chi connectivity index (χ1n) is 10.1. The zero-order valence-electron chi connectivity index (χ0n) is 17.8.